The first-order valence-electron chi connectivity index (χ1n) is 10.7. The van der Waals surface area contributed by atoms with Gasteiger partial charge in [-0.15, -0.1) is 0 Å². The fraction of sp³-hybridized carbons (Fsp3) is 0.375. The molecule has 0 saturated carbocycles. The van der Waals surface area contributed by atoms with Crippen molar-refractivity contribution >= 4 is 17.8 Å². The molecule has 2 aliphatic heterocycles. The quantitative estimate of drug-likeness (QED) is 0.642. The van der Waals surface area contributed by atoms with Crippen molar-refractivity contribution in [1.82, 2.24) is 10.2 Å². The van der Waals surface area contributed by atoms with Gasteiger partial charge in [0.25, 0.3) is 11.8 Å². The number of amides is 2. The number of rotatable bonds is 5. The summed E-state index contributed by atoms with van der Waals surface area (Å²) in [5, 5.41) is 13.8. The predicted octanol–water partition coefficient (Wildman–Crippen LogP) is 2.25. The summed E-state index contributed by atoms with van der Waals surface area (Å²) in [6, 6.07) is 9.05. The van der Waals surface area contributed by atoms with Crippen LogP contribution >= 0.6 is 0 Å². The molecule has 2 aliphatic rings. The van der Waals surface area contributed by atoms with Crippen LogP contribution in [0.25, 0.3) is 0 Å². The number of fused-ring (bicyclic) bond motifs is 1. The van der Waals surface area contributed by atoms with Crippen molar-refractivity contribution in [3.63, 3.8) is 0 Å². The van der Waals surface area contributed by atoms with Gasteiger partial charge in [0.2, 0.25) is 5.72 Å². The smallest absolute Gasteiger partial charge is 0.308 e. The maximum atomic E-state index is 14.2. The molecular formula is C24H25FN2O7. The topological polar surface area (TPSA) is 114 Å². The van der Waals surface area contributed by atoms with Crippen LogP contribution in [0.2, 0.25) is 0 Å². The van der Waals surface area contributed by atoms with Gasteiger partial charge in [-0.2, -0.15) is 0 Å². The van der Waals surface area contributed by atoms with Crippen LogP contribution in [0.4, 0.5) is 4.39 Å². The Labute approximate surface area is 195 Å². The number of carbonyl (C=O) groups is 3. The van der Waals surface area contributed by atoms with Crippen molar-refractivity contribution in [2.45, 2.75) is 51.3 Å². The summed E-state index contributed by atoms with van der Waals surface area (Å²) < 4.78 is 30.3. The fourth-order valence-corrected chi connectivity index (χ4v) is 4.06. The molecule has 0 aromatic heterocycles. The van der Waals surface area contributed by atoms with Gasteiger partial charge in [-0.05, 0) is 44.2 Å². The number of aliphatic hydroxyl groups is 1. The molecule has 2 N–H and O–H groups in total. The predicted molar refractivity (Wildman–Crippen MR) is 116 cm³/mol. The normalized spacial score (nSPS) is 21.8. The molecule has 9 nitrogen and oxygen atoms in total. The van der Waals surface area contributed by atoms with E-state index in [1.54, 1.807) is 18.2 Å². The molecule has 4 rings (SSSR count). The molecule has 1 atom stereocenters. The minimum Gasteiger partial charge on any atom is -0.497 e. The van der Waals surface area contributed by atoms with E-state index in [1.807, 2.05) is 0 Å². The Morgan fingerprint density at radius 3 is 2.71 bits per heavy atom. The van der Waals surface area contributed by atoms with E-state index < -0.39 is 35.1 Å². The molecule has 180 valence electrons. The molecule has 2 heterocycles. The van der Waals surface area contributed by atoms with Gasteiger partial charge in [0.15, 0.2) is 5.72 Å². The summed E-state index contributed by atoms with van der Waals surface area (Å²) in [7, 11) is 1.47. The molecule has 1 fully saturated rings. The Hall–Kier alpha value is -3.66. The summed E-state index contributed by atoms with van der Waals surface area (Å²) >= 11 is 0. The van der Waals surface area contributed by atoms with Gasteiger partial charge in [0.1, 0.15) is 23.9 Å². The molecule has 0 aliphatic carbocycles. The number of nitrogens with one attached hydrogen (secondary N) is 1. The van der Waals surface area contributed by atoms with Crippen molar-refractivity contribution < 1.29 is 38.1 Å². The highest BCUT2D eigenvalue weighted by molar-refractivity contribution is 6.02. The Kier molecular flexibility index (Phi) is 5.94. The van der Waals surface area contributed by atoms with Crippen LogP contribution in [0.3, 0.4) is 0 Å². The summed E-state index contributed by atoms with van der Waals surface area (Å²) in [6.07, 6.45) is -0.593. The number of carbonyl (C=O) groups excluding carboxylic acids is 3. The van der Waals surface area contributed by atoms with Crippen molar-refractivity contribution in [3.8, 4) is 11.5 Å². The van der Waals surface area contributed by atoms with E-state index in [2.05, 4.69) is 5.32 Å². The second-order valence-electron chi connectivity index (χ2n) is 8.67. The number of cyclic esters (lactones) is 1. The third-order valence-electron chi connectivity index (χ3n) is 5.83. The van der Waals surface area contributed by atoms with Crippen molar-refractivity contribution in [2.75, 3.05) is 7.11 Å². The van der Waals surface area contributed by atoms with Crippen LogP contribution in [-0.2, 0) is 27.5 Å². The number of hydrogen-bond donors (Lipinski definition) is 2. The van der Waals surface area contributed by atoms with Gasteiger partial charge in [-0.1, -0.05) is 6.07 Å². The number of benzene rings is 2. The second-order valence-corrected chi connectivity index (χ2v) is 8.67. The molecular weight excluding hydrogens is 447 g/mol. The Balaban J connectivity index is 1.60. The first-order chi connectivity index (χ1) is 16.0. The van der Waals surface area contributed by atoms with Gasteiger partial charge in [-0.3, -0.25) is 19.3 Å². The maximum Gasteiger partial charge on any atom is 0.308 e. The highest BCUT2D eigenvalue weighted by Crippen LogP contribution is 2.37. The summed E-state index contributed by atoms with van der Waals surface area (Å²) in [6.45, 7) is 2.68. The van der Waals surface area contributed by atoms with E-state index in [-0.39, 0.29) is 37.1 Å². The van der Waals surface area contributed by atoms with Crippen molar-refractivity contribution in [1.29, 1.82) is 0 Å². The highest BCUT2D eigenvalue weighted by atomic mass is 19.1. The molecule has 2 amide bonds. The Morgan fingerprint density at radius 2 is 1.97 bits per heavy atom. The standard InChI is InChI=1S/C24H25FN2O7/c1-23(2)26-22(30)24(31,10-9-20(28)34-23)27-12-17-16(21(27)29)5-4-6-19(17)33-13-14-11-15(32-3)7-8-18(14)25/h4-8,11,31H,9-10,12-13H2,1-3H3,(H,26,30). The molecule has 1 saturated heterocycles. The zero-order chi connectivity index (χ0) is 24.7. The lowest BCUT2D eigenvalue weighted by molar-refractivity contribution is -0.184. The number of esters is 1. The third-order valence-corrected chi connectivity index (χ3v) is 5.83. The molecule has 2 aromatic rings. The summed E-state index contributed by atoms with van der Waals surface area (Å²) in [4.78, 5) is 39.2. The average molecular weight is 472 g/mol. The van der Waals surface area contributed by atoms with E-state index in [0.717, 1.165) is 4.90 Å². The first kappa shape index (κ1) is 23.5. The maximum absolute atomic E-state index is 14.2. The van der Waals surface area contributed by atoms with E-state index in [0.29, 0.717) is 17.1 Å². The summed E-state index contributed by atoms with van der Waals surface area (Å²) in [5.41, 5.74) is -2.68. The number of hydrogen-bond acceptors (Lipinski definition) is 7. The van der Waals surface area contributed by atoms with E-state index in [4.69, 9.17) is 14.2 Å². The van der Waals surface area contributed by atoms with Crippen LogP contribution in [0, 0.1) is 5.82 Å². The van der Waals surface area contributed by atoms with Gasteiger partial charge in [0, 0.05) is 23.1 Å². The van der Waals surface area contributed by atoms with Crippen LogP contribution in [0.15, 0.2) is 36.4 Å². The SMILES string of the molecule is COc1ccc(F)c(COc2cccc3c2CN(C2(O)CCC(=O)OC(C)(C)NC2=O)C3=O)c1. The van der Waals surface area contributed by atoms with Gasteiger partial charge in [0.05, 0.1) is 20.1 Å². The monoisotopic (exact) mass is 472 g/mol. The highest BCUT2D eigenvalue weighted by Gasteiger charge is 2.51. The Morgan fingerprint density at radius 1 is 1.21 bits per heavy atom. The minimum absolute atomic E-state index is 0.127. The molecule has 0 bridgehead atoms. The zero-order valence-electron chi connectivity index (χ0n) is 19.0. The molecule has 1 unspecified atom stereocenters. The summed E-state index contributed by atoms with van der Waals surface area (Å²) in [5.74, 6) is -1.74. The lowest BCUT2D eigenvalue weighted by Gasteiger charge is -2.40. The van der Waals surface area contributed by atoms with Crippen LogP contribution in [0.5, 0.6) is 11.5 Å². The lowest BCUT2D eigenvalue weighted by atomic mass is 10.0. The molecule has 0 radical (unpaired) electrons. The number of methoxy groups -OCH3 is 1. The largest absolute Gasteiger partial charge is 0.497 e. The average Bonchev–Trinajstić information content (AvgIpc) is 3.13. The van der Waals surface area contributed by atoms with E-state index in [1.165, 1.54) is 39.2 Å². The molecule has 10 heteroatoms. The van der Waals surface area contributed by atoms with Crippen molar-refractivity contribution in [3.05, 3.63) is 58.9 Å². The van der Waals surface area contributed by atoms with Gasteiger partial charge in [-0.25, -0.2) is 4.39 Å². The number of ether oxygens (including phenoxy) is 3. The third kappa shape index (κ3) is 4.28. The number of nitrogens with zero attached hydrogens (tertiary/aromatic N) is 1. The van der Waals surface area contributed by atoms with E-state index >= 15 is 0 Å². The molecule has 2 aromatic carbocycles. The zero-order valence-corrected chi connectivity index (χ0v) is 19.0. The lowest BCUT2D eigenvalue weighted by Crippen LogP contribution is -2.64. The fourth-order valence-electron chi connectivity index (χ4n) is 4.06. The van der Waals surface area contributed by atoms with Gasteiger partial charge >= 0.3 is 5.97 Å². The minimum atomic E-state index is -2.27. The molecule has 34 heavy (non-hydrogen) atoms. The van der Waals surface area contributed by atoms with Crippen LogP contribution in [-0.4, -0.2) is 46.3 Å². The van der Waals surface area contributed by atoms with E-state index in [9.17, 15) is 23.9 Å². The van der Waals surface area contributed by atoms with Crippen LogP contribution < -0.4 is 14.8 Å². The Bertz CT molecular complexity index is 1170. The van der Waals surface area contributed by atoms with Crippen molar-refractivity contribution in [2.24, 2.45) is 0 Å². The van der Waals surface area contributed by atoms with Gasteiger partial charge < -0.3 is 24.6 Å². The first-order valence-corrected chi connectivity index (χ1v) is 10.7. The molecule has 0 spiro atoms. The number of halogens is 1. The second kappa shape index (κ2) is 8.60. The van der Waals surface area contributed by atoms with Crippen LogP contribution in [0.1, 0.15) is 48.2 Å².